The smallest absolute Gasteiger partial charge is 0.255 e. The molecule has 34 heavy (non-hydrogen) atoms. The molecule has 176 valence electrons. The third kappa shape index (κ3) is 4.21. The van der Waals surface area contributed by atoms with Gasteiger partial charge in [-0.25, -0.2) is 4.68 Å². The van der Waals surface area contributed by atoms with Gasteiger partial charge in [0, 0.05) is 23.9 Å². The molecule has 1 amide bonds. The number of rotatable bonds is 7. The van der Waals surface area contributed by atoms with Crippen LogP contribution < -0.4 is 15.6 Å². The topological polar surface area (TPSA) is 78.2 Å². The monoisotopic (exact) mass is 458 g/mol. The molecule has 0 fully saturated rings. The van der Waals surface area contributed by atoms with Crippen molar-refractivity contribution in [1.82, 2.24) is 14.3 Å². The predicted molar refractivity (Wildman–Crippen MR) is 135 cm³/mol. The number of anilines is 1. The average molecular weight is 459 g/mol. The number of hydrogen-bond donors (Lipinski definition) is 1. The van der Waals surface area contributed by atoms with Crippen LogP contribution in [0.2, 0.25) is 0 Å². The van der Waals surface area contributed by atoms with E-state index in [2.05, 4.69) is 11.4 Å². The lowest BCUT2D eigenvalue weighted by Crippen LogP contribution is -2.27. The number of pyridine rings is 1. The highest BCUT2D eigenvalue weighted by Crippen LogP contribution is 2.27. The number of nitrogens with zero attached hydrogens (tertiary/aromatic N) is 3. The number of amides is 1. The van der Waals surface area contributed by atoms with E-state index in [1.165, 1.54) is 0 Å². The Balaban J connectivity index is 1.71. The summed E-state index contributed by atoms with van der Waals surface area (Å²) in [5.74, 6) is 0.430. The molecule has 7 nitrogen and oxygen atoms in total. The standard InChI is InChI=1S/C27H30N4O3/c1-6-30-26-25(19(4)29-31(26)20-11-9-10-17(2)16-20)18(3)21(27(30)33)14-15-24(32)28-22-12-7-8-13-23(22)34-5/h7-13,16H,6,14-15H2,1-5H3,(H,28,32). The molecule has 0 aliphatic heterocycles. The van der Waals surface area contributed by atoms with Crippen LogP contribution in [0.1, 0.15) is 35.7 Å². The Morgan fingerprint density at radius 2 is 1.85 bits per heavy atom. The first-order valence-corrected chi connectivity index (χ1v) is 11.5. The van der Waals surface area contributed by atoms with Crippen LogP contribution in [0.3, 0.4) is 0 Å². The van der Waals surface area contributed by atoms with Gasteiger partial charge < -0.3 is 10.1 Å². The van der Waals surface area contributed by atoms with Gasteiger partial charge in [-0.15, -0.1) is 0 Å². The number of para-hydroxylation sites is 2. The molecule has 0 radical (unpaired) electrons. The van der Waals surface area contributed by atoms with Gasteiger partial charge in [0.05, 0.1) is 24.2 Å². The zero-order valence-electron chi connectivity index (χ0n) is 20.3. The number of carbonyl (C=O) groups is 1. The molecule has 1 N–H and O–H groups in total. The maximum Gasteiger partial charge on any atom is 0.255 e. The van der Waals surface area contributed by atoms with Crippen molar-refractivity contribution in [3.05, 3.63) is 81.3 Å². The minimum Gasteiger partial charge on any atom is -0.495 e. The van der Waals surface area contributed by atoms with Crippen LogP contribution in [0.4, 0.5) is 5.69 Å². The van der Waals surface area contributed by atoms with Crippen molar-refractivity contribution in [2.75, 3.05) is 12.4 Å². The zero-order chi connectivity index (χ0) is 24.4. The number of carbonyl (C=O) groups excluding carboxylic acids is 1. The van der Waals surface area contributed by atoms with Crippen molar-refractivity contribution in [3.8, 4) is 11.4 Å². The third-order valence-electron chi connectivity index (χ3n) is 6.17. The van der Waals surface area contributed by atoms with E-state index < -0.39 is 0 Å². The minimum atomic E-state index is -0.168. The molecule has 2 aromatic heterocycles. The van der Waals surface area contributed by atoms with E-state index in [1.807, 2.05) is 62.7 Å². The number of aryl methyl sites for hydroxylation is 4. The molecule has 0 bridgehead atoms. The molecule has 0 aliphatic rings. The molecule has 0 saturated carbocycles. The molecule has 2 aromatic carbocycles. The van der Waals surface area contributed by atoms with Gasteiger partial charge in [0.15, 0.2) is 0 Å². The number of fused-ring (bicyclic) bond motifs is 1. The van der Waals surface area contributed by atoms with E-state index in [9.17, 15) is 9.59 Å². The Kier molecular flexibility index (Phi) is 6.54. The van der Waals surface area contributed by atoms with Crippen molar-refractivity contribution < 1.29 is 9.53 Å². The SMILES string of the molecule is CCn1c(=O)c(CCC(=O)Nc2ccccc2OC)c(C)c2c(C)nn(-c3cccc(C)c3)c21. The van der Waals surface area contributed by atoms with Gasteiger partial charge in [0.2, 0.25) is 5.91 Å². The molecule has 2 heterocycles. The highest BCUT2D eigenvalue weighted by molar-refractivity contribution is 5.92. The lowest BCUT2D eigenvalue weighted by Gasteiger charge is -2.15. The summed E-state index contributed by atoms with van der Waals surface area (Å²) in [6.07, 6.45) is 0.533. The molecular weight excluding hydrogens is 428 g/mol. The first kappa shape index (κ1) is 23.3. The van der Waals surface area contributed by atoms with Gasteiger partial charge in [0.1, 0.15) is 11.4 Å². The van der Waals surface area contributed by atoms with Crippen molar-refractivity contribution in [2.45, 2.75) is 47.1 Å². The Hall–Kier alpha value is -3.87. The van der Waals surface area contributed by atoms with E-state index >= 15 is 0 Å². The van der Waals surface area contributed by atoms with Gasteiger partial charge in [-0.2, -0.15) is 5.10 Å². The van der Waals surface area contributed by atoms with E-state index in [0.717, 1.165) is 33.5 Å². The fraction of sp³-hybridized carbons (Fsp3) is 0.296. The number of ether oxygens (including phenoxy) is 1. The van der Waals surface area contributed by atoms with Crippen LogP contribution in [-0.2, 0) is 17.8 Å². The third-order valence-corrected chi connectivity index (χ3v) is 6.17. The number of aromatic nitrogens is 3. The molecule has 0 aliphatic carbocycles. The zero-order valence-corrected chi connectivity index (χ0v) is 20.3. The number of nitrogens with one attached hydrogen (secondary N) is 1. The van der Waals surface area contributed by atoms with Crippen LogP contribution in [-0.4, -0.2) is 27.4 Å². The number of methoxy groups -OCH3 is 1. The van der Waals surface area contributed by atoms with Gasteiger partial charge in [-0.1, -0.05) is 24.3 Å². The summed E-state index contributed by atoms with van der Waals surface area (Å²) in [4.78, 5) is 26.2. The first-order chi connectivity index (χ1) is 16.3. The first-order valence-electron chi connectivity index (χ1n) is 11.5. The van der Waals surface area contributed by atoms with Crippen LogP contribution >= 0.6 is 0 Å². The minimum absolute atomic E-state index is 0.0774. The summed E-state index contributed by atoms with van der Waals surface area (Å²) in [5, 5.41) is 8.64. The summed E-state index contributed by atoms with van der Waals surface area (Å²) in [5.41, 5.74) is 5.75. The molecule has 0 saturated heterocycles. The van der Waals surface area contributed by atoms with Gasteiger partial charge >= 0.3 is 0 Å². The Labute approximate surface area is 199 Å². The molecule has 0 unspecified atom stereocenters. The van der Waals surface area contributed by atoms with Crippen molar-refractivity contribution in [2.24, 2.45) is 0 Å². The summed E-state index contributed by atoms with van der Waals surface area (Å²) >= 11 is 0. The highest BCUT2D eigenvalue weighted by Gasteiger charge is 2.21. The van der Waals surface area contributed by atoms with Gasteiger partial charge in [0.25, 0.3) is 5.56 Å². The fourth-order valence-electron chi connectivity index (χ4n) is 4.50. The van der Waals surface area contributed by atoms with Crippen LogP contribution in [0.5, 0.6) is 5.75 Å². The summed E-state index contributed by atoms with van der Waals surface area (Å²) in [7, 11) is 1.57. The summed E-state index contributed by atoms with van der Waals surface area (Å²) in [6, 6.07) is 15.3. The van der Waals surface area contributed by atoms with Crippen molar-refractivity contribution in [3.63, 3.8) is 0 Å². The summed E-state index contributed by atoms with van der Waals surface area (Å²) < 4.78 is 8.92. The molecule has 0 spiro atoms. The molecule has 4 aromatic rings. The second-order valence-electron chi connectivity index (χ2n) is 8.44. The van der Waals surface area contributed by atoms with Crippen LogP contribution in [0.15, 0.2) is 53.3 Å². The largest absolute Gasteiger partial charge is 0.495 e. The lowest BCUT2D eigenvalue weighted by atomic mass is 10.0. The van der Waals surface area contributed by atoms with Crippen molar-refractivity contribution >= 4 is 22.6 Å². The quantitative estimate of drug-likeness (QED) is 0.435. The molecule has 0 atom stereocenters. The summed E-state index contributed by atoms with van der Waals surface area (Å²) in [6.45, 7) is 8.41. The van der Waals surface area contributed by atoms with E-state index in [0.29, 0.717) is 30.0 Å². The normalized spacial score (nSPS) is 11.1. The number of hydrogen-bond acceptors (Lipinski definition) is 4. The Bertz CT molecular complexity index is 1430. The van der Waals surface area contributed by atoms with E-state index in [4.69, 9.17) is 9.84 Å². The van der Waals surface area contributed by atoms with Crippen LogP contribution in [0, 0.1) is 20.8 Å². The second kappa shape index (κ2) is 9.55. The number of benzene rings is 2. The van der Waals surface area contributed by atoms with Crippen LogP contribution in [0.25, 0.3) is 16.7 Å². The van der Waals surface area contributed by atoms with E-state index in [1.54, 1.807) is 23.8 Å². The predicted octanol–water partition coefficient (Wildman–Crippen LogP) is 4.71. The fourth-order valence-corrected chi connectivity index (χ4v) is 4.50. The lowest BCUT2D eigenvalue weighted by molar-refractivity contribution is -0.116. The maximum atomic E-state index is 13.5. The maximum absolute atomic E-state index is 13.5. The average Bonchev–Trinajstić information content (AvgIpc) is 3.16. The Morgan fingerprint density at radius 1 is 1.09 bits per heavy atom. The Morgan fingerprint density at radius 3 is 2.56 bits per heavy atom. The van der Waals surface area contributed by atoms with Gasteiger partial charge in [-0.3, -0.25) is 14.2 Å². The van der Waals surface area contributed by atoms with Crippen molar-refractivity contribution in [1.29, 1.82) is 0 Å². The van der Waals surface area contributed by atoms with E-state index in [-0.39, 0.29) is 17.9 Å². The molecule has 4 rings (SSSR count). The second-order valence-corrected chi connectivity index (χ2v) is 8.44. The molecule has 7 heteroatoms. The highest BCUT2D eigenvalue weighted by atomic mass is 16.5. The van der Waals surface area contributed by atoms with Gasteiger partial charge in [-0.05, 0) is 69.5 Å². The molecular formula is C27H30N4O3.